The van der Waals surface area contributed by atoms with E-state index in [0.29, 0.717) is 19.0 Å². The van der Waals surface area contributed by atoms with Gasteiger partial charge in [0.1, 0.15) is 10.6 Å². The molecule has 7 nitrogen and oxygen atoms in total. The Morgan fingerprint density at radius 3 is 2.48 bits per heavy atom. The predicted octanol–water partition coefficient (Wildman–Crippen LogP) is 3.91. The zero-order chi connectivity index (χ0) is 22.1. The molecular formula is C18H30F3N5O2S. The summed E-state index contributed by atoms with van der Waals surface area (Å²) in [6, 6.07) is -0.185. The topological polar surface area (TPSA) is 87.6 Å². The first-order chi connectivity index (χ1) is 13.4. The van der Waals surface area contributed by atoms with Gasteiger partial charge in [0.15, 0.2) is 11.7 Å². The fourth-order valence-electron chi connectivity index (χ4n) is 2.27. The maximum Gasteiger partial charge on any atom is 0.434 e. The van der Waals surface area contributed by atoms with Gasteiger partial charge < -0.3 is 20.7 Å². The van der Waals surface area contributed by atoms with Crippen molar-refractivity contribution in [2.45, 2.75) is 71.8 Å². The highest BCUT2D eigenvalue weighted by molar-refractivity contribution is 7.09. The zero-order valence-electron chi connectivity index (χ0n) is 17.4. The Hall–Kier alpha value is -2.04. The number of guanidine groups is 1. The minimum Gasteiger partial charge on any atom is -0.444 e. The van der Waals surface area contributed by atoms with Crippen LogP contribution in [0.2, 0.25) is 0 Å². The lowest BCUT2D eigenvalue weighted by atomic mass is 10.1. The van der Waals surface area contributed by atoms with Crippen molar-refractivity contribution in [1.82, 2.24) is 20.9 Å². The molecule has 11 heteroatoms. The van der Waals surface area contributed by atoms with Gasteiger partial charge in [0.05, 0.1) is 6.54 Å². The van der Waals surface area contributed by atoms with E-state index in [2.05, 4.69) is 25.9 Å². The lowest BCUT2D eigenvalue weighted by molar-refractivity contribution is -0.140. The molecule has 1 atom stereocenters. The number of nitrogens with zero attached hydrogens (tertiary/aromatic N) is 2. The summed E-state index contributed by atoms with van der Waals surface area (Å²) in [6.45, 7) is 10.2. The lowest BCUT2D eigenvalue weighted by Crippen LogP contribution is -2.48. The van der Waals surface area contributed by atoms with Gasteiger partial charge in [-0.25, -0.2) is 14.8 Å². The van der Waals surface area contributed by atoms with Crippen molar-refractivity contribution in [2.75, 3.05) is 13.1 Å². The molecule has 0 aliphatic carbocycles. The molecule has 0 aliphatic rings. The molecule has 0 saturated carbocycles. The maximum absolute atomic E-state index is 12.6. The largest absolute Gasteiger partial charge is 0.444 e. The summed E-state index contributed by atoms with van der Waals surface area (Å²) in [5.74, 6) is 0.434. The Bertz CT molecular complexity index is 671. The molecule has 166 valence electrons. The number of hydrogen-bond donors (Lipinski definition) is 3. The molecule has 0 fully saturated rings. The van der Waals surface area contributed by atoms with Crippen molar-refractivity contribution in [3.05, 3.63) is 16.1 Å². The standard InChI is InChI=1S/C18H30F3N5O2S/c1-6-8-12(25-16(27)28-17(3,4)5)9-23-15(22-7-2)24-10-14-26-13(11-29-14)18(19,20)21/h11-12H,6-10H2,1-5H3,(H,25,27)(H2,22,23,24). The van der Waals surface area contributed by atoms with Crippen LogP contribution in [0.5, 0.6) is 0 Å². The van der Waals surface area contributed by atoms with Gasteiger partial charge in [-0.2, -0.15) is 13.2 Å². The van der Waals surface area contributed by atoms with Crippen LogP contribution in [0.3, 0.4) is 0 Å². The van der Waals surface area contributed by atoms with Crippen LogP contribution in [0.4, 0.5) is 18.0 Å². The number of halogens is 3. The molecule has 0 radical (unpaired) electrons. The number of carbonyl (C=O) groups excluding carboxylic acids is 1. The molecule has 1 rings (SSSR count). The van der Waals surface area contributed by atoms with E-state index < -0.39 is 23.6 Å². The highest BCUT2D eigenvalue weighted by atomic mass is 32.1. The van der Waals surface area contributed by atoms with E-state index in [4.69, 9.17) is 4.74 Å². The summed E-state index contributed by atoms with van der Waals surface area (Å²) >= 11 is 0.915. The van der Waals surface area contributed by atoms with Gasteiger partial charge >= 0.3 is 12.3 Å². The molecule has 1 heterocycles. The Morgan fingerprint density at radius 1 is 1.28 bits per heavy atom. The summed E-state index contributed by atoms with van der Waals surface area (Å²) in [5.41, 5.74) is -1.50. The van der Waals surface area contributed by atoms with Crippen molar-refractivity contribution in [3.8, 4) is 0 Å². The van der Waals surface area contributed by atoms with E-state index in [1.54, 1.807) is 20.8 Å². The first-order valence-corrected chi connectivity index (χ1v) is 10.4. The average molecular weight is 438 g/mol. The highest BCUT2D eigenvalue weighted by Gasteiger charge is 2.33. The second-order valence-electron chi connectivity index (χ2n) is 7.33. The summed E-state index contributed by atoms with van der Waals surface area (Å²) in [4.78, 5) is 19.9. The molecule has 1 aromatic heterocycles. The zero-order valence-corrected chi connectivity index (χ0v) is 18.3. The number of alkyl halides is 3. The minimum atomic E-state index is -4.46. The van der Waals surface area contributed by atoms with Crippen LogP contribution in [0.15, 0.2) is 10.4 Å². The summed E-state index contributed by atoms with van der Waals surface area (Å²) in [6.07, 6.45) is -3.37. The lowest BCUT2D eigenvalue weighted by Gasteiger charge is -2.24. The molecule has 0 bridgehead atoms. The van der Waals surface area contributed by atoms with Gasteiger partial charge in [-0.3, -0.25) is 0 Å². The Kier molecular flexibility index (Phi) is 9.67. The number of amides is 1. The smallest absolute Gasteiger partial charge is 0.434 e. The minimum absolute atomic E-state index is 0.0218. The van der Waals surface area contributed by atoms with Crippen molar-refractivity contribution >= 4 is 23.4 Å². The number of carbonyl (C=O) groups is 1. The van der Waals surface area contributed by atoms with Crippen molar-refractivity contribution in [2.24, 2.45) is 4.99 Å². The normalized spacial score (nSPS) is 13.7. The molecule has 1 unspecified atom stereocenters. The van der Waals surface area contributed by atoms with E-state index in [0.717, 1.165) is 29.6 Å². The Morgan fingerprint density at radius 2 is 1.97 bits per heavy atom. The number of ether oxygens (including phenoxy) is 1. The van der Waals surface area contributed by atoms with Crippen LogP contribution in [-0.4, -0.2) is 41.8 Å². The van der Waals surface area contributed by atoms with Gasteiger partial charge in [0.25, 0.3) is 0 Å². The average Bonchev–Trinajstić information content (AvgIpc) is 3.05. The van der Waals surface area contributed by atoms with Crippen LogP contribution in [0, 0.1) is 0 Å². The number of alkyl carbamates (subject to hydrolysis) is 1. The SMILES string of the molecule is CCCC(CNC(=NCc1nc(C(F)(F)F)cs1)NCC)NC(=O)OC(C)(C)C. The maximum atomic E-state index is 12.6. The summed E-state index contributed by atoms with van der Waals surface area (Å²) in [7, 11) is 0. The second-order valence-corrected chi connectivity index (χ2v) is 8.27. The molecule has 1 aromatic rings. The van der Waals surface area contributed by atoms with E-state index in [1.807, 2.05) is 13.8 Å². The molecule has 29 heavy (non-hydrogen) atoms. The molecule has 0 aromatic carbocycles. The third-order valence-corrected chi connectivity index (χ3v) is 4.27. The number of aliphatic imine (C=N–C) groups is 1. The van der Waals surface area contributed by atoms with E-state index in [-0.39, 0.29) is 17.6 Å². The number of aromatic nitrogens is 1. The molecule has 3 N–H and O–H groups in total. The van der Waals surface area contributed by atoms with Crippen molar-refractivity contribution in [3.63, 3.8) is 0 Å². The second kappa shape index (κ2) is 11.2. The van der Waals surface area contributed by atoms with E-state index in [9.17, 15) is 18.0 Å². The Balaban J connectivity index is 2.68. The van der Waals surface area contributed by atoms with Crippen LogP contribution in [-0.2, 0) is 17.5 Å². The predicted molar refractivity (Wildman–Crippen MR) is 108 cm³/mol. The molecule has 0 saturated heterocycles. The summed E-state index contributed by atoms with van der Waals surface area (Å²) in [5, 5.41) is 10.2. The van der Waals surface area contributed by atoms with Gasteiger partial charge in [0, 0.05) is 24.5 Å². The molecular weight excluding hydrogens is 407 g/mol. The van der Waals surface area contributed by atoms with E-state index in [1.165, 1.54) is 0 Å². The van der Waals surface area contributed by atoms with Crippen LogP contribution in [0.25, 0.3) is 0 Å². The van der Waals surface area contributed by atoms with E-state index >= 15 is 0 Å². The molecule has 0 spiro atoms. The van der Waals surface area contributed by atoms with Crippen molar-refractivity contribution in [1.29, 1.82) is 0 Å². The van der Waals surface area contributed by atoms with Gasteiger partial charge in [-0.15, -0.1) is 11.3 Å². The van der Waals surface area contributed by atoms with Crippen LogP contribution in [0.1, 0.15) is 58.2 Å². The van der Waals surface area contributed by atoms with Crippen LogP contribution < -0.4 is 16.0 Å². The number of hydrogen-bond acceptors (Lipinski definition) is 5. The Labute approximate surface area is 173 Å². The van der Waals surface area contributed by atoms with Gasteiger partial charge in [-0.1, -0.05) is 13.3 Å². The first kappa shape index (κ1) is 25.0. The number of nitrogens with one attached hydrogen (secondary N) is 3. The summed E-state index contributed by atoms with van der Waals surface area (Å²) < 4.78 is 43.2. The molecule has 0 aliphatic heterocycles. The quantitative estimate of drug-likeness (QED) is 0.424. The van der Waals surface area contributed by atoms with Crippen LogP contribution >= 0.6 is 11.3 Å². The fraction of sp³-hybridized carbons (Fsp3) is 0.722. The fourth-order valence-corrected chi connectivity index (χ4v) is 2.99. The third-order valence-electron chi connectivity index (χ3n) is 3.43. The number of thiazole rings is 1. The first-order valence-electron chi connectivity index (χ1n) is 9.47. The van der Waals surface area contributed by atoms with Crippen molar-refractivity contribution < 1.29 is 22.7 Å². The highest BCUT2D eigenvalue weighted by Crippen LogP contribution is 2.30. The van der Waals surface area contributed by atoms with Gasteiger partial charge in [-0.05, 0) is 34.1 Å². The number of rotatable bonds is 8. The van der Waals surface area contributed by atoms with Gasteiger partial charge in [0.2, 0.25) is 0 Å². The third kappa shape index (κ3) is 10.3. The monoisotopic (exact) mass is 437 g/mol. The molecule has 1 amide bonds.